The van der Waals surface area contributed by atoms with Crippen LogP contribution in [0.15, 0.2) is 60.0 Å². The summed E-state index contributed by atoms with van der Waals surface area (Å²) in [5.41, 5.74) is 3.91. The minimum atomic E-state index is -3.56. The number of hydrogen-bond acceptors (Lipinski definition) is 3. The lowest BCUT2D eigenvalue weighted by Crippen LogP contribution is -2.14. The van der Waals surface area contributed by atoms with Crippen molar-refractivity contribution in [2.75, 3.05) is 16.6 Å². The molecule has 0 radical (unpaired) electrons. The second-order valence-corrected chi connectivity index (χ2v) is 7.67. The molecule has 0 saturated heterocycles. The summed E-state index contributed by atoms with van der Waals surface area (Å²) >= 11 is 0. The van der Waals surface area contributed by atoms with Crippen LogP contribution in [0.1, 0.15) is 24.0 Å². The molecule has 2 aromatic rings. The summed E-state index contributed by atoms with van der Waals surface area (Å²) in [5, 5.41) is 3.15. The van der Waals surface area contributed by atoms with Crippen molar-refractivity contribution in [3.05, 3.63) is 66.2 Å². The highest BCUT2D eigenvalue weighted by Gasteiger charge is 2.17. The Morgan fingerprint density at radius 1 is 0.958 bits per heavy atom. The van der Waals surface area contributed by atoms with Crippen molar-refractivity contribution in [2.24, 2.45) is 0 Å². The largest absolute Gasteiger partial charge is 0.382 e. The minimum Gasteiger partial charge on any atom is -0.382 e. The Morgan fingerprint density at radius 2 is 1.62 bits per heavy atom. The van der Waals surface area contributed by atoms with Crippen LogP contribution >= 0.6 is 0 Å². The van der Waals surface area contributed by atoms with Gasteiger partial charge in [-0.15, -0.1) is 6.58 Å². The van der Waals surface area contributed by atoms with E-state index < -0.39 is 10.0 Å². The molecule has 0 atom stereocenters. The maximum absolute atomic E-state index is 12.6. The van der Waals surface area contributed by atoms with Gasteiger partial charge < -0.3 is 5.32 Å². The zero-order chi connectivity index (χ0) is 17.0. The Hall–Kier alpha value is -2.27. The van der Waals surface area contributed by atoms with Crippen molar-refractivity contribution in [3.8, 4) is 0 Å². The van der Waals surface area contributed by atoms with Crippen molar-refractivity contribution in [2.45, 2.75) is 30.6 Å². The number of nitrogens with one attached hydrogen (secondary N) is 2. The Bertz CT molecular complexity index is 827. The van der Waals surface area contributed by atoms with E-state index in [0.29, 0.717) is 17.1 Å². The van der Waals surface area contributed by atoms with Gasteiger partial charge in [0.1, 0.15) is 0 Å². The molecule has 2 N–H and O–H groups in total. The Morgan fingerprint density at radius 3 is 2.33 bits per heavy atom. The molecule has 126 valence electrons. The van der Waals surface area contributed by atoms with Crippen LogP contribution in [0.25, 0.3) is 0 Å². The summed E-state index contributed by atoms with van der Waals surface area (Å²) < 4.78 is 27.9. The molecule has 0 aromatic heterocycles. The molecule has 0 fully saturated rings. The first-order valence-electron chi connectivity index (χ1n) is 8.18. The van der Waals surface area contributed by atoms with Gasteiger partial charge in [0.15, 0.2) is 0 Å². The highest BCUT2D eigenvalue weighted by atomic mass is 32.2. The molecule has 1 aliphatic rings. The second-order valence-electron chi connectivity index (χ2n) is 5.99. The molecule has 0 spiro atoms. The molecule has 0 unspecified atom stereocenters. The van der Waals surface area contributed by atoms with Crippen LogP contribution in [-0.4, -0.2) is 15.0 Å². The third-order valence-corrected chi connectivity index (χ3v) is 5.60. The molecule has 0 saturated carbocycles. The van der Waals surface area contributed by atoms with Gasteiger partial charge in [-0.3, -0.25) is 4.72 Å². The van der Waals surface area contributed by atoms with E-state index >= 15 is 0 Å². The molecule has 2 aromatic carbocycles. The average Bonchev–Trinajstić information content (AvgIpc) is 2.60. The van der Waals surface area contributed by atoms with Gasteiger partial charge in [0, 0.05) is 17.9 Å². The number of benzene rings is 2. The first kappa shape index (κ1) is 16.6. The number of aryl methyl sites for hydroxylation is 2. The fourth-order valence-electron chi connectivity index (χ4n) is 2.94. The summed E-state index contributed by atoms with van der Waals surface area (Å²) in [6, 6.07) is 12.7. The number of sulfonamides is 1. The summed E-state index contributed by atoms with van der Waals surface area (Å²) in [6.07, 6.45) is 6.09. The first-order valence-corrected chi connectivity index (χ1v) is 9.66. The Labute approximate surface area is 143 Å². The van der Waals surface area contributed by atoms with E-state index in [1.165, 1.54) is 12.0 Å². The number of fused-ring (bicyclic) bond motifs is 1. The van der Waals surface area contributed by atoms with E-state index in [0.717, 1.165) is 30.5 Å². The van der Waals surface area contributed by atoms with Crippen LogP contribution in [0.3, 0.4) is 0 Å². The molecule has 5 heteroatoms. The van der Waals surface area contributed by atoms with Crippen LogP contribution in [-0.2, 0) is 22.9 Å². The van der Waals surface area contributed by atoms with E-state index in [-0.39, 0.29) is 0 Å². The lowest BCUT2D eigenvalue weighted by Gasteiger charge is -2.17. The number of anilines is 2. The quantitative estimate of drug-likeness (QED) is 0.781. The van der Waals surface area contributed by atoms with Gasteiger partial charge in [0.25, 0.3) is 10.0 Å². The monoisotopic (exact) mass is 342 g/mol. The standard InChI is InChI=1S/C19H22N2O2S/c1-2-13-20-17-8-10-18(11-9-17)21-24(22,23)19-12-7-15-5-3-4-6-16(15)14-19/h2,7-12,14,20-21H,1,3-6,13H2. The fourth-order valence-corrected chi connectivity index (χ4v) is 4.05. The average molecular weight is 342 g/mol. The van der Waals surface area contributed by atoms with Gasteiger partial charge in [-0.25, -0.2) is 8.42 Å². The van der Waals surface area contributed by atoms with E-state index in [4.69, 9.17) is 0 Å². The molecular formula is C19H22N2O2S. The predicted octanol–water partition coefficient (Wildman–Crippen LogP) is 3.96. The second kappa shape index (κ2) is 7.09. The molecular weight excluding hydrogens is 320 g/mol. The van der Waals surface area contributed by atoms with Crippen LogP contribution in [0.2, 0.25) is 0 Å². The molecule has 0 amide bonds. The summed E-state index contributed by atoms with van der Waals surface area (Å²) in [5.74, 6) is 0. The van der Waals surface area contributed by atoms with Gasteiger partial charge in [0.05, 0.1) is 4.90 Å². The van der Waals surface area contributed by atoms with Crippen LogP contribution in [0, 0.1) is 0 Å². The molecule has 4 nitrogen and oxygen atoms in total. The van der Waals surface area contributed by atoms with Crippen molar-refractivity contribution in [3.63, 3.8) is 0 Å². The Kier molecular flexibility index (Phi) is 4.90. The van der Waals surface area contributed by atoms with Crippen molar-refractivity contribution in [1.82, 2.24) is 0 Å². The maximum atomic E-state index is 12.6. The molecule has 24 heavy (non-hydrogen) atoms. The van der Waals surface area contributed by atoms with Crippen molar-refractivity contribution in [1.29, 1.82) is 0 Å². The van der Waals surface area contributed by atoms with Gasteiger partial charge in [-0.2, -0.15) is 0 Å². The minimum absolute atomic E-state index is 0.331. The van der Waals surface area contributed by atoms with E-state index in [1.54, 1.807) is 24.3 Å². The molecule has 3 rings (SSSR count). The van der Waals surface area contributed by atoms with Crippen molar-refractivity contribution < 1.29 is 8.42 Å². The van der Waals surface area contributed by atoms with Gasteiger partial charge in [-0.1, -0.05) is 12.1 Å². The van der Waals surface area contributed by atoms with E-state index in [9.17, 15) is 8.42 Å². The number of rotatable bonds is 6. The van der Waals surface area contributed by atoms with Gasteiger partial charge in [-0.05, 0) is 73.2 Å². The van der Waals surface area contributed by atoms with E-state index in [2.05, 4.69) is 16.6 Å². The summed E-state index contributed by atoms with van der Waals surface area (Å²) in [4.78, 5) is 0.331. The van der Waals surface area contributed by atoms with Crippen LogP contribution in [0.5, 0.6) is 0 Å². The molecule has 0 aliphatic heterocycles. The topological polar surface area (TPSA) is 58.2 Å². The first-order chi connectivity index (χ1) is 11.6. The Balaban J connectivity index is 1.77. The van der Waals surface area contributed by atoms with E-state index in [1.807, 2.05) is 24.3 Å². The fraction of sp³-hybridized carbons (Fsp3) is 0.263. The maximum Gasteiger partial charge on any atom is 0.261 e. The zero-order valence-corrected chi connectivity index (χ0v) is 14.4. The van der Waals surface area contributed by atoms with Crippen molar-refractivity contribution >= 4 is 21.4 Å². The predicted molar refractivity (Wildman–Crippen MR) is 99.0 cm³/mol. The third-order valence-electron chi connectivity index (χ3n) is 4.22. The highest BCUT2D eigenvalue weighted by molar-refractivity contribution is 7.92. The smallest absolute Gasteiger partial charge is 0.261 e. The third kappa shape index (κ3) is 3.79. The summed E-state index contributed by atoms with van der Waals surface area (Å²) in [6.45, 7) is 4.32. The highest BCUT2D eigenvalue weighted by Crippen LogP contribution is 2.25. The lowest BCUT2D eigenvalue weighted by atomic mass is 9.92. The summed E-state index contributed by atoms with van der Waals surface area (Å²) in [7, 11) is -3.56. The van der Waals surface area contributed by atoms with Crippen LogP contribution in [0.4, 0.5) is 11.4 Å². The van der Waals surface area contributed by atoms with Crippen LogP contribution < -0.4 is 10.0 Å². The number of hydrogen-bond donors (Lipinski definition) is 2. The van der Waals surface area contributed by atoms with Gasteiger partial charge in [0.2, 0.25) is 0 Å². The zero-order valence-electron chi connectivity index (χ0n) is 13.6. The molecule has 0 heterocycles. The molecule has 1 aliphatic carbocycles. The SMILES string of the molecule is C=CCNc1ccc(NS(=O)(=O)c2ccc3c(c2)CCCC3)cc1. The molecule has 0 bridgehead atoms. The lowest BCUT2D eigenvalue weighted by molar-refractivity contribution is 0.600. The normalized spacial score (nSPS) is 13.8. The van der Waals surface area contributed by atoms with Gasteiger partial charge >= 0.3 is 0 Å².